The fourth-order valence-electron chi connectivity index (χ4n) is 2.05. The second-order valence-electron chi connectivity index (χ2n) is 4.52. The maximum Gasteiger partial charge on any atom is 0.223 e. The molecule has 0 saturated heterocycles. The largest absolute Gasteiger partial charge is 0.389 e. The van der Waals surface area contributed by atoms with E-state index in [1.165, 1.54) is 0 Å². The number of para-hydroxylation sites is 1. The number of nitrogens with two attached hydrogens (primary N) is 1. The molecule has 1 aromatic carbocycles. The van der Waals surface area contributed by atoms with Crippen LogP contribution in [-0.4, -0.2) is 20.1 Å². The zero-order valence-corrected chi connectivity index (χ0v) is 12.1. The zero-order valence-electron chi connectivity index (χ0n) is 11.3. The predicted molar refractivity (Wildman–Crippen MR) is 84.0 cm³/mol. The third-order valence-electron chi connectivity index (χ3n) is 2.98. The summed E-state index contributed by atoms with van der Waals surface area (Å²) in [5.41, 5.74) is 7.42. The summed E-state index contributed by atoms with van der Waals surface area (Å²) in [6.07, 6.45) is 0. The number of nitrogens with one attached hydrogen (secondary N) is 1. The van der Waals surface area contributed by atoms with E-state index in [1.807, 2.05) is 30.3 Å². The van der Waals surface area contributed by atoms with E-state index in [1.54, 1.807) is 6.92 Å². The normalized spacial score (nSPS) is 10.7. The van der Waals surface area contributed by atoms with Crippen LogP contribution in [0.3, 0.4) is 0 Å². The quantitative estimate of drug-likeness (QED) is 0.713. The first-order chi connectivity index (χ1) is 10.1. The van der Waals surface area contributed by atoms with Gasteiger partial charge in [-0.3, -0.25) is 0 Å². The van der Waals surface area contributed by atoms with Gasteiger partial charge in [0.15, 0.2) is 5.82 Å². The topological polar surface area (TPSA) is 89.9 Å². The maximum absolute atomic E-state index is 5.80. The lowest BCUT2D eigenvalue weighted by Gasteiger charge is -2.09. The molecule has 2 aromatic heterocycles. The number of fused-ring (bicyclic) bond motifs is 1. The van der Waals surface area contributed by atoms with Gasteiger partial charge in [-0.1, -0.05) is 35.6 Å². The summed E-state index contributed by atoms with van der Waals surface area (Å²) >= 11 is 5.11. The molecule has 6 nitrogen and oxygen atoms in total. The van der Waals surface area contributed by atoms with E-state index in [0.717, 1.165) is 16.5 Å². The number of pyridine rings is 1. The van der Waals surface area contributed by atoms with Crippen molar-refractivity contribution in [1.82, 2.24) is 15.1 Å². The van der Waals surface area contributed by atoms with Gasteiger partial charge in [0.1, 0.15) is 10.8 Å². The molecular weight excluding hydrogens is 286 g/mol. The average molecular weight is 299 g/mol. The Morgan fingerprint density at radius 2 is 2.14 bits per heavy atom. The van der Waals surface area contributed by atoms with E-state index in [4.69, 9.17) is 22.5 Å². The van der Waals surface area contributed by atoms with Crippen LogP contribution in [0.2, 0.25) is 0 Å². The Bertz CT molecular complexity index is 814. The van der Waals surface area contributed by atoms with Gasteiger partial charge < -0.3 is 15.6 Å². The van der Waals surface area contributed by atoms with Crippen molar-refractivity contribution < 1.29 is 4.52 Å². The number of rotatable bonds is 4. The van der Waals surface area contributed by atoms with E-state index in [0.29, 0.717) is 29.1 Å². The molecule has 0 unspecified atom stereocenters. The van der Waals surface area contributed by atoms with Gasteiger partial charge in [0.05, 0.1) is 12.1 Å². The van der Waals surface area contributed by atoms with Gasteiger partial charge in [-0.05, 0) is 12.1 Å². The number of hydrogen-bond donors (Lipinski definition) is 2. The van der Waals surface area contributed by atoms with Gasteiger partial charge in [0.25, 0.3) is 0 Å². The highest BCUT2D eigenvalue weighted by Crippen LogP contribution is 2.21. The van der Waals surface area contributed by atoms with Crippen molar-refractivity contribution in [1.29, 1.82) is 0 Å². The van der Waals surface area contributed by atoms with Crippen LogP contribution in [0.25, 0.3) is 10.9 Å². The second-order valence-corrected chi connectivity index (χ2v) is 4.96. The molecule has 106 valence electrons. The molecule has 2 heterocycles. The van der Waals surface area contributed by atoms with Gasteiger partial charge in [-0.2, -0.15) is 4.98 Å². The SMILES string of the molecule is Cc1nc(CNc2cc(C(N)=S)c3ccccc3n2)no1. The molecule has 0 radical (unpaired) electrons. The molecule has 0 aliphatic rings. The van der Waals surface area contributed by atoms with Crippen molar-refractivity contribution in [3.05, 3.63) is 47.6 Å². The van der Waals surface area contributed by atoms with Gasteiger partial charge in [-0.15, -0.1) is 0 Å². The molecule has 0 bridgehead atoms. The van der Waals surface area contributed by atoms with Crippen molar-refractivity contribution in [2.75, 3.05) is 5.32 Å². The molecule has 3 aromatic rings. The van der Waals surface area contributed by atoms with Crippen molar-refractivity contribution in [2.45, 2.75) is 13.5 Å². The smallest absolute Gasteiger partial charge is 0.223 e. The van der Waals surface area contributed by atoms with Crippen LogP contribution in [0.15, 0.2) is 34.9 Å². The first-order valence-corrected chi connectivity index (χ1v) is 6.77. The Morgan fingerprint density at radius 1 is 1.33 bits per heavy atom. The van der Waals surface area contributed by atoms with Crippen molar-refractivity contribution >= 4 is 33.9 Å². The lowest BCUT2D eigenvalue weighted by molar-refractivity contribution is 0.388. The number of benzene rings is 1. The van der Waals surface area contributed by atoms with Crippen LogP contribution in [0.4, 0.5) is 5.82 Å². The van der Waals surface area contributed by atoms with E-state index < -0.39 is 0 Å². The molecule has 7 heteroatoms. The Morgan fingerprint density at radius 3 is 2.86 bits per heavy atom. The van der Waals surface area contributed by atoms with Gasteiger partial charge >= 0.3 is 0 Å². The highest BCUT2D eigenvalue weighted by molar-refractivity contribution is 7.80. The minimum atomic E-state index is 0.340. The van der Waals surface area contributed by atoms with E-state index in [-0.39, 0.29) is 0 Å². The molecule has 0 atom stereocenters. The molecule has 0 amide bonds. The van der Waals surface area contributed by atoms with Crippen LogP contribution >= 0.6 is 12.2 Å². The minimum absolute atomic E-state index is 0.340. The van der Waals surface area contributed by atoms with E-state index in [2.05, 4.69) is 20.4 Å². The highest BCUT2D eigenvalue weighted by Gasteiger charge is 2.08. The standard InChI is InChI=1S/C14H13N5OS/c1-8-17-13(19-20-8)7-16-12-6-10(14(15)21)9-4-2-3-5-11(9)18-12/h2-6H,7H2,1H3,(H2,15,21)(H,16,18). The lowest BCUT2D eigenvalue weighted by Crippen LogP contribution is -2.12. The molecule has 21 heavy (non-hydrogen) atoms. The molecule has 0 spiro atoms. The monoisotopic (exact) mass is 299 g/mol. The van der Waals surface area contributed by atoms with Crippen LogP contribution in [-0.2, 0) is 6.54 Å². The van der Waals surface area contributed by atoms with Crippen LogP contribution in [0.5, 0.6) is 0 Å². The Labute approximate surface area is 126 Å². The number of aromatic nitrogens is 3. The summed E-state index contributed by atoms with van der Waals surface area (Å²) in [5.74, 6) is 1.76. The van der Waals surface area contributed by atoms with Crippen LogP contribution < -0.4 is 11.1 Å². The Kier molecular flexibility index (Phi) is 3.49. The van der Waals surface area contributed by atoms with Crippen molar-refractivity contribution in [3.63, 3.8) is 0 Å². The summed E-state index contributed by atoms with van der Waals surface area (Å²) in [6, 6.07) is 9.55. The number of hydrogen-bond acceptors (Lipinski definition) is 6. The fraction of sp³-hybridized carbons (Fsp3) is 0.143. The summed E-state index contributed by atoms with van der Waals surface area (Å²) in [4.78, 5) is 8.99. The second kappa shape index (κ2) is 5.45. The van der Waals surface area contributed by atoms with E-state index >= 15 is 0 Å². The summed E-state index contributed by atoms with van der Waals surface area (Å²) in [5, 5.41) is 7.91. The maximum atomic E-state index is 5.80. The molecule has 3 N–H and O–H groups in total. The number of nitrogens with zero attached hydrogens (tertiary/aromatic N) is 3. The van der Waals surface area contributed by atoms with Gasteiger partial charge in [-0.25, -0.2) is 4.98 Å². The summed E-state index contributed by atoms with van der Waals surface area (Å²) in [6.45, 7) is 2.16. The molecule has 0 aliphatic heterocycles. The number of aryl methyl sites for hydroxylation is 1. The van der Waals surface area contributed by atoms with Crippen molar-refractivity contribution in [2.24, 2.45) is 5.73 Å². The third-order valence-corrected chi connectivity index (χ3v) is 3.20. The van der Waals surface area contributed by atoms with Crippen LogP contribution in [0.1, 0.15) is 17.3 Å². The highest BCUT2D eigenvalue weighted by atomic mass is 32.1. The molecule has 3 rings (SSSR count). The van der Waals surface area contributed by atoms with E-state index in [9.17, 15) is 0 Å². The molecular formula is C14H13N5OS. The zero-order chi connectivity index (χ0) is 14.8. The number of anilines is 1. The lowest BCUT2D eigenvalue weighted by atomic mass is 10.1. The molecule has 0 saturated carbocycles. The first kappa shape index (κ1) is 13.4. The molecule has 0 fully saturated rings. The van der Waals surface area contributed by atoms with Crippen molar-refractivity contribution in [3.8, 4) is 0 Å². The Balaban J connectivity index is 1.93. The predicted octanol–water partition coefficient (Wildman–Crippen LogP) is 2.17. The summed E-state index contributed by atoms with van der Waals surface area (Å²) < 4.78 is 4.92. The van der Waals surface area contributed by atoms with Gasteiger partial charge in [0, 0.05) is 17.9 Å². The third kappa shape index (κ3) is 2.82. The first-order valence-electron chi connectivity index (χ1n) is 6.36. The fourth-order valence-corrected chi connectivity index (χ4v) is 2.22. The summed E-state index contributed by atoms with van der Waals surface area (Å²) in [7, 11) is 0. The van der Waals surface area contributed by atoms with Gasteiger partial charge in [0.2, 0.25) is 5.89 Å². The minimum Gasteiger partial charge on any atom is -0.389 e. The average Bonchev–Trinajstić information content (AvgIpc) is 2.89. The van der Waals surface area contributed by atoms with Crippen LogP contribution in [0, 0.1) is 6.92 Å². The molecule has 0 aliphatic carbocycles. The number of thiocarbonyl (C=S) groups is 1. The Hall–Kier alpha value is -2.54.